The van der Waals surface area contributed by atoms with Crippen LogP contribution in [0.2, 0.25) is 15.1 Å². The van der Waals surface area contributed by atoms with Gasteiger partial charge in [0.1, 0.15) is 0 Å². The van der Waals surface area contributed by atoms with Crippen LogP contribution >= 0.6 is 34.8 Å². The Labute approximate surface area is 135 Å². The molecule has 0 unspecified atom stereocenters. The highest BCUT2D eigenvalue weighted by molar-refractivity contribution is 6.41. The lowest BCUT2D eigenvalue weighted by Crippen LogP contribution is -1.93. The van der Waals surface area contributed by atoms with Gasteiger partial charge in [0, 0.05) is 17.2 Å². The average Bonchev–Trinajstić information content (AvgIpc) is 2.42. The number of hydrazone groups is 1. The predicted octanol–water partition coefficient (Wildman–Crippen LogP) is 5.00. The number of benzene rings is 2. The molecule has 0 aliphatic carbocycles. The van der Waals surface area contributed by atoms with E-state index in [4.69, 9.17) is 34.8 Å². The van der Waals surface area contributed by atoms with Crippen molar-refractivity contribution in [2.75, 3.05) is 5.43 Å². The molecule has 1 N–H and O–H groups in total. The summed E-state index contributed by atoms with van der Waals surface area (Å²) in [6.45, 7) is 0. The van der Waals surface area contributed by atoms with Crippen molar-refractivity contribution in [1.29, 1.82) is 0 Å². The smallest absolute Gasteiger partial charge is 0.269 e. The highest BCUT2D eigenvalue weighted by atomic mass is 35.5. The summed E-state index contributed by atoms with van der Waals surface area (Å²) in [5.74, 6) is 0. The van der Waals surface area contributed by atoms with Gasteiger partial charge in [-0.15, -0.1) is 0 Å². The van der Waals surface area contributed by atoms with Crippen LogP contribution in [0, 0.1) is 10.1 Å². The number of rotatable bonds is 4. The predicted molar refractivity (Wildman–Crippen MR) is 85.8 cm³/mol. The minimum absolute atomic E-state index is 0.0175. The Kier molecular flexibility index (Phi) is 5.01. The quantitative estimate of drug-likeness (QED) is 0.482. The molecule has 0 amide bonds. The summed E-state index contributed by atoms with van der Waals surface area (Å²) in [7, 11) is 0. The Hall–Kier alpha value is -1.82. The second-order valence-corrected chi connectivity index (χ2v) is 5.21. The molecule has 2 aromatic rings. The van der Waals surface area contributed by atoms with Crippen molar-refractivity contribution < 1.29 is 4.92 Å². The summed E-state index contributed by atoms with van der Waals surface area (Å²) in [4.78, 5) is 10.1. The molecule has 108 valence electrons. The molecule has 0 aromatic heterocycles. The van der Waals surface area contributed by atoms with Gasteiger partial charge < -0.3 is 0 Å². The van der Waals surface area contributed by atoms with Gasteiger partial charge in [0.25, 0.3) is 5.69 Å². The van der Waals surface area contributed by atoms with E-state index in [1.807, 2.05) is 0 Å². The van der Waals surface area contributed by atoms with Gasteiger partial charge in [0.2, 0.25) is 0 Å². The molecule has 0 spiro atoms. The van der Waals surface area contributed by atoms with Crippen LogP contribution in [0.4, 0.5) is 11.4 Å². The zero-order valence-electron chi connectivity index (χ0n) is 10.4. The van der Waals surface area contributed by atoms with Crippen molar-refractivity contribution in [1.82, 2.24) is 0 Å². The summed E-state index contributed by atoms with van der Waals surface area (Å²) in [6, 6.07) is 9.02. The fourth-order valence-corrected chi connectivity index (χ4v) is 2.40. The number of nitro benzene ring substituents is 1. The van der Waals surface area contributed by atoms with Crippen LogP contribution < -0.4 is 5.43 Å². The number of anilines is 1. The molecule has 0 aliphatic rings. The molecule has 0 radical (unpaired) electrons. The van der Waals surface area contributed by atoms with E-state index in [2.05, 4.69) is 10.5 Å². The summed E-state index contributed by atoms with van der Waals surface area (Å²) < 4.78 is 0. The topological polar surface area (TPSA) is 67.5 Å². The molecule has 0 heterocycles. The number of nitrogens with one attached hydrogen (secondary N) is 1. The molecule has 21 heavy (non-hydrogen) atoms. The third-order valence-electron chi connectivity index (χ3n) is 2.50. The second kappa shape index (κ2) is 6.76. The number of hydrogen-bond acceptors (Lipinski definition) is 4. The fraction of sp³-hybridized carbons (Fsp3) is 0. The zero-order valence-corrected chi connectivity index (χ0v) is 12.7. The van der Waals surface area contributed by atoms with Gasteiger partial charge in [0.05, 0.1) is 26.9 Å². The van der Waals surface area contributed by atoms with Crippen LogP contribution in [0.25, 0.3) is 0 Å². The van der Waals surface area contributed by atoms with Gasteiger partial charge in [-0.3, -0.25) is 15.5 Å². The Morgan fingerprint density at radius 2 is 1.67 bits per heavy atom. The molecule has 2 aromatic carbocycles. The van der Waals surface area contributed by atoms with Gasteiger partial charge in [-0.2, -0.15) is 5.10 Å². The molecule has 0 fully saturated rings. The van der Waals surface area contributed by atoms with Crippen LogP contribution in [0.5, 0.6) is 0 Å². The number of halogens is 3. The van der Waals surface area contributed by atoms with E-state index in [9.17, 15) is 10.1 Å². The van der Waals surface area contributed by atoms with E-state index in [1.54, 1.807) is 24.3 Å². The molecule has 5 nitrogen and oxygen atoms in total. The van der Waals surface area contributed by atoms with Crippen molar-refractivity contribution in [3.8, 4) is 0 Å². The highest BCUT2D eigenvalue weighted by Crippen LogP contribution is 2.33. The Bertz CT molecular complexity index is 679. The highest BCUT2D eigenvalue weighted by Gasteiger charge is 2.06. The third kappa shape index (κ3) is 4.07. The lowest BCUT2D eigenvalue weighted by Gasteiger charge is -2.06. The molecule has 8 heteroatoms. The molecular formula is C13H8Cl3N3O2. The largest absolute Gasteiger partial charge is 0.275 e. The van der Waals surface area contributed by atoms with Gasteiger partial charge in [0.15, 0.2) is 0 Å². The Morgan fingerprint density at radius 3 is 2.19 bits per heavy atom. The van der Waals surface area contributed by atoms with Crippen LogP contribution in [0.3, 0.4) is 0 Å². The summed E-state index contributed by atoms with van der Waals surface area (Å²) >= 11 is 17.8. The molecule has 2 rings (SSSR count). The molecule has 0 saturated carbocycles. The van der Waals surface area contributed by atoms with Crippen LogP contribution in [-0.2, 0) is 0 Å². The first-order chi connectivity index (χ1) is 9.97. The second-order valence-electron chi connectivity index (χ2n) is 3.96. The fourth-order valence-electron chi connectivity index (χ4n) is 1.50. The monoisotopic (exact) mass is 343 g/mol. The van der Waals surface area contributed by atoms with Crippen LogP contribution in [-0.4, -0.2) is 11.1 Å². The summed E-state index contributed by atoms with van der Waals surface area (Å²) in [6.07, 6.45) is 1.49. The van der Waals surface area contributed by atoms with Crippen molar-refractivity contribution in [3.63, 3.8) is 0 Å². The Morgan fingerprint density at radius 1 is 1.10 bits per heavy atom. The van der Waals surface area contributed by atoms with Gasteiger partial charge in [-0.25, -0.2) is 0 Å². The average molecular weight is 345 g/mol. The van der Waals surface area contributed by atoms with E-state index >= 15 is 0 Å². The van der Waals surface area contributed by atoms with Gasteiger partial charge in [-0.05, 0) is 29.8 Å². The van der Waals surface area contributed by atoms with Crippen molar-refractivity contribution in [3.05, 3.63) is 67.1 Å². The van der Waals surface area contributed by atoms with Gasteiger partial charge in [-0.1, -0.05) is 34.8 Å². The molecule has 0 bridgehead atoms. The minimum Gasteiger partial charge on any atom is -0.275 e. The molecule has 0 aliphatic heterocycles. The number of hydrogen-bond donors (Lipinski definition) is 1. The maximum atomic E-state index is 10.5. The van der Waals surface area contributed by atoms with E-state index in [0.717, 1.165) is 0 Å². The summed E-state index contributed by atoms with van der Waals surface area (Å²) in [5.41, 5.74) is 3.85. The summed E-state index contributed by atoms with van der Waals surface area (Å²) in [5, 5.41) is 15.6. The zero-order chi connectivity index (χ0) is 15.4. The van der Waals surface area contributed by atoms with E-state index < -0.39 is 4.92 Å². The van der Waals surface area contributed by atoms with E-state index in [0.29, 0.717) is 26.3 Å². The van der Waals surface area contributed by atoms with Gasteiger partial charge >= 0.3 is 0 Å². The normalized spacial score (nSPS) is 10.8. The van der Waals surface area contributed by atoms with Crippen LogP contribution in [0.1, 0.15) is 5.56 Å². The number of non-ortho nitro benzene ring substituents is 1. The minimum atomic E-state index is -0.466. The lowest BCUT2D eigenvalue weighted by molar-refractivity contribution is -0.384. The first kappa shape index (κ1) is 15.6. The molecule has 0 saturated heterocycles. The van der Waals surface area contributed by atoms with E-state index in [1.165, 1.54) is 18.3 Å². The molecule has 0 atom stereocenters. The van der Waals surface area contributed by atoms with Crippen molar-refractivity contribution in [2.45, 2.75) is 0 Å². The first-order valence-corrected chi connectivity index (χ1v) is 6.79. The maximum Gasteiger partial charge on any atom is 0.269 e. The number of nitrogens with zero attached hydrogens (tertiary/aromatic N) is 2. The SMILES string of the molecule is O=[N+]([O-])c1ccc(C=NNc2c(Cl)cc(Cl)cc2Cl)cc1. The van der Waals surface area contributed by atoms with Crippen molar-refractivity contribution in [2.24, 2.45) is 5.10 Å². The van der Waals surface area contributed by atoms with Crippen molar-refractivity contribution >= 4 is 52.4 Å². The lowest BCUT2D eigenvalue weighted by atomic mass is 10.2. The third-order valence-corrected chi connectivity index (χ3v) is 3.32. The first-order valence-electron chi connectivity index (χ1n) is 5.65. The molecular weight excluding hydrogens is 337 g/mol. The van der Waals surface area contributed by atoms with E-state index in [-0.39, 0.29) is 5.69 Å². The Balaban J connectivity index is 2.11. The van der Waals surface area contributed by atoms with Crippen LogP contribution in [0.15, 0.2) is 41.5 Å². The maximum absolute atomic E-state index is 10.5. The number of nitro groups is 1. The standard InChI is InChI=1S/C13H8Cl3N3O2/c14-9-5-11(15)13(12(16)6-9)18-17-7-8-1-3-10(4-2-8)19(20)21/h1-7,18H.